The van der Waals surface area contributed by atoms with Crippen LogP contribution in [-0.2, 0) is 21.2 Å². The van der Waals surface area contributed by atoms with Crippen molar-refractivity contribution in [1.29, 1.82) is 0 Å². The summed E-state index contributed by atoms with van der Waals surface area (Å²) in [6, 6.07) is 9.57. The number of amides is 1. The first-order valence-electron chi connectivity index (χ1n) is 8.06. The van der Waals surface area contributed by atoms with E-state index in [-0.39, 0.29) is 23.7 Å². The molecule has 1 N–H and O–H groups in total. The molecule has 0 atom stereocenters. The van der Waals surface area contributed by atoms with Crippen molar-refractivity contribution in [3.63, 3.8) is 0 Å². The maximum absolute atomic E-state index is 13.4. The van der Waals surface area contributed by atoms with Crippen molar-refractivity contribution in [2.45, 2.75) is 25.2 Å². The molecular formula is C18H20F2N2O3S. The SMILES string of the molecule is CCc1ccc(S(=O)(=O)NCCN(C(C)=O)c2ccc(F)c(F)c2)cc1. The van der Waals surface area contributed by atoms with Crippen LogP contribution in [0.5, 0.6) is 0 Å². The fraction of sp³-hybridized carbons (Fsp3) is 0.278. The number of sulfonamides is 1. The van der Waals surface area contributed by atoms with E-state index in [2.05, 4.69) is 4.72 Å². The Hall–Kier alpha value is -2.32. The van der Waals surface area contributed by atoms with E-state index < -0.39 is 27.6 Å². The number of nitrogens with zero attached hydrogens (tertiary/aromatic N) is 1. The van der Waals surface area contributed by atoms with Crippen molar-refractivity contribution >= 4 is 21.6 Å². The van der Waals surface area contributed by atoms with E-state index in [9.17, 15) is 22.0 Å². The monoisotopic (exact) mass is 382 g/mol. The van der Waals surface area contributed by atoms with E-state index in [4.69, 9.17) is 0 Å². The molecule has 140 valence electrons. The Morgan fingerprint density at radius 3 is 2.27 bits per heavy atom. The van der Waals surface area contributed by atoms with Gasteiger partial charge in [0, 0.05) is 31.8 Å². The largest absolute Gasteiger partial charge is 0.311 e. The number of hydrogen-bond acceptors (Lipinski definition) is 3. The number of nitrogens with one attached hydrogen (secondary N) is 1. The number of halogens is 2. The van der Waals surface area contributed by atoms with Crippen LogP contribution in [0.4, 0.5) is 14.5 Å². The summed E-state index contributed by atoms with van der Waals surface area (Å²) in [4.78, 5) is 13.1. The van der Waals surface area contributed by atoms with Crippen LogP contribution < -0.4 is 9.62 Å². The highest BCUT2D eigenvalue weighted by atomic mass is 32.2. The maximum atomic E-state index is 13.4. The lowest BCUT2D eigenvalue weighted by Crippen LogP contribution is -2.37. The van der Waals surface area contributed by atoms with Gasteiger partial charge in [-0.05, 0) is 36.2 Å². The number of hydrogen-bond donors (Lipinski definition) is 1. The van der Waals surface area contributed by atoms with Crippen LogP contribution in [0.25, 0.3) is 0 Å². The van der Waals surface area contributed by atoms with Crippen LogP contribution in [0.1, 0.15) is 19.4 Å². The van der Waals surface area contributed by atoms with Crippen molar-refractivity contribution in [2.75, 3.05) is 18.0 Å². The molecule has 0 aliphatic carbocycles. The molecule has 2 rings (SSSR count). The summed E-state index contributed by atoms with van der Waals surface area (Å²) < 4.78 is 53.4. The van der Waals surface area contributed by atoms with Crippen molar-refractivity contribution < 1.29 is 22.0 Å². The van der Waals surface area contributed by atoms with E-state index >= 15 is 0 Å². The number of anilines is 1. The molecule has 1 amide bonds. The van der Waals surface area contributed by atoms with E-state index in [0.29, 0.717) is 0 Å². The van der Waals surface area contributed by atoms with Crippen molar-refractivity contribution in [1.82, 2.24) is 4.72 Å². The highest BCUT2D eigenvalue weighted by Gasteiger charge is 2.17. The van der Waals surface area contributed by atoms with Gasteiger partial charge in [-0.25, -0.2) is 21.9 Å². The zero-order valence-electron chi connectivity index (χ0n) is 14.5. The number of carbonyl (C=O) groups is 1. The third kappa shape index (κ3) is 4.86. The summed E-state index contributed by atoms with van der Waals surface area (Å²) in [5.41, 5.74) is 1.17. The number of benzene rings is 2. The van der Waals surface area contributed by atoms with Crippen LogP contribution in [0.2, 0.25) is 0 Å². The van der Waals surface area contributed by atoms with Gasteiger partial charge in [-0.3, -0.25) is 4.79 Å². The van der Waals surface area contributed by atoms with Gasteiger partial charge in [0.25, 0.3) is 0 Å². The van der Waals surface area contributed by atoms with E-state index in [1.165, 1.54) is 30.0 Å². The normalized spacial score (nSPS) is 11.4. The minimum atomic E-state index is -3.73. The number of rotatable bonds is 7. The fourth-order valence-electron chi connectivity index (χ4n) is 2.40. The Morgan fingerprint density at radius 1 is 1.08 bits per heavy atom. The Balaban J connectivity index is 2.06. The topological polar surface area (TPSA) is 66.5 Å². The molecule has 0 aromatic heterocycles. The molecule has 0 bridgehead atoms. The van der Waals surface area contributed by atoms with Gasteiger partial charge in [0.05, 0.1) is 4.90 Å². The summed E-state index contributed by atoms with van der Waals surface area (Å²) in [6.07, 6.45) is 0.801. The van der Waals surface area contributed by atoms with Gasteiger partial charge >= 0.3 is 0 Å². The minimum Gasteiger partial charge on any atom is -0.311 e. The molecular weight excluding hydrogens is 362 g/mol. The molecule has 0 aliphatic rings. The highest BCUT2D eigenvalue weighted by molar-refractivity contribution is 7.89. The predicted molar refractivity (Wildman–Crippen MR) is 95.4 cm³/mol. The number of aryl methyl sites for hydroxylation is 1. The Labute approximate surface area is 151 Å². The molecule has 0 aliphatic heterocycles. The molecule has 0 saturated carbocycles. The number of carbonyl (C=O) groups excluding carboxylic acids is 1. The zero-order valence-corrected chi connectivity index (χ0v) is 15.3. The highest BCUT2D eigenvalue weighted by Crippen LogP contribution is 2.18. The summed E-state index contributed by atoms with van der Waals surface area (Å²) in [5.74, 6) is -2.51. The second-order valence-electron chi connectivity index (χ2n) is 5.66. The first kappa shape index (κ1) is 20.0. The van der Waals surface area contributed by atoms with Gasteiger partial charge in [-0.1, -0.05) is 19.1 Å². The van der Waals surface area contributed by atoms with Gasteiger partial charge in [0.1, 0.15) is 0 Å². The molecule has 0 radical (unpaired) electrons. The third-order valence-electron chi connectivity index (χ3n) is 3.86. The Morgan fingerprint density at radius 2 is 1.73 bits per heavy atom. The smallest absolute Gasteiger partial charge is 0.240 e. The van der Waals surface area contributed by atoms with Gasteiger partial charge in [-0.15, -0.1) is 0 Å². The van der Waals surface area contributed by atoms with Crippen LogP contribution >= 0.6 is 0 Å². The lowest BCUT2D eigenvalue weighted by atomic mass is 10.2. The maximum Gasteiger partial charge on any atom is 0.240 e. The van der Waals surface area contributed by atoms with Crippen molar-refractivity contribution in [3.05, 3.63) is 59.7 Å². The lowest BCUT2D eigenvalue weighted by Gasteiger charge is -2.21. The van der Waals surface area contributed by atoms with Crippen LogP contribution in [0.15, 0.2) is 47.4 Å². The molecule has 0 saturated heterocycles. The van der Waals surface area contributed by atoms with Gasteiger partial charge in [-0.2, -0.15) is 0 Å². The van der Waals surface area contributed by atoms with Crippen LogP contribution in [0, 0.1) is 11.6 Å². The standard InChI is InChI=1S/C18H20F2N2O3S/c1-3-14-4-7-16(8-5-14)26(24,25)21-10-11-22(13(2)23)15-6-9-17(19)18(20)12-15/h4-9,12,21H,3,10-11H2,1-2H3. The second kappa shape index (κ2) is 8.37. The van der Waals surface area contributed by atoms with Gasteiger partial charge < -0.3 is 4.90 Å². The summed E-state index contributed by atoms with van der Waals surface area (Å²) in [7, 11) is -3.73. The van der Waals surface area contributed by atoms with E-state index in [1.807, 2.05) is 6.92 Å². The zero-order chi connectivity index (χ0) is 19.3. The molecule has 0 heterocycles. The average molecular weight is 382 g/mol. The fourth-order valence-corrected chi connectivity index (χ4v) is 3.42. The van der Waals surface area contributed by atoms with Gasteiger partial charge in [0.15, 0.2) is 11.6 Å². The van der Waals surface area contributed by atoms with Crippen molar-refractivity contribution in [3.8, 4) is 0 Å². The second-order valence-corrected chi connectivity index (χ2v) is 7.43. The molecule has 0 fully saturated rings. The van der Waals surface area contributed by atoms with Crippen LogP contribution in [-0.4, -0.2) is 27.4 Å². The molecule has 2 aromatic carbocycles. The summed E-state index contributed by atoms with van der Waals surface area (Å²) in [5, 5.41) is 0. The molecule has 8 heteroatoms. The first-order valence-corrected chi connectivity index (χ1v) is 9.54. The molecule has 5 nitrogen and oxygen atoms in total. The minimum absolute atomic E-state index is 0.0212. The molecule has 26 heavy (non-hydrogen) atoms. The molecule has 0 unspecified atom stereocenters. The Bertz CT molecular complexity index is 884. The van der Waals surface area contributed by atoms with E-state index in [0.717, 1.165) is 24.1 Å². The molecule has 0 spiro atoms. The molecule has 2 aromatic rings. The quantitative estimate of drug-likeness (QED) is 0.801. The first-order chi connectivity index (χ1) is 12.2. The third-order valence-corrected chi connectivity index (χ3v) is 5.34. The van der Waals surface area contributed by atoms with E-state index in [1.54, 1.807) is 12.1 Å². The van der Waals surface area contributed by atoms with Crippen LogP contribution in [0.3, 0.4) is 0 Å². The van der Waals surface area contributed by atoms with Gasteiger partial charge in [0.2, 0.25) is 15.9 Å². The summed E-state index contributed by atoms with van der Waals surface area (Å²) in [6.45, 7) is 3.14. The summed E-state index contributed by atoms with van der Waals surface area (Å²) >= 11 is 0. The Kier molecular flexibility index (Phi) is 6.44. The predicted octanol–water partition coefficient (Wildman–Crippen LogP) is 2.86. The lowest BCUT2D eigenvalue weighted by molar-refractivity contribution is -0.116. The average Bonchev–Trinajstić information content (AvgIpc) is 2.61. The van der Waals surface area contributed by atoms with Crippen molar-refractivity contribution in [2.24, 2.45) is 0 Å².